The smallest absolute Gasteiger partial charge is 0.329 e. The van der Waals surface area contributed by atoms with Crippen LogP contribution in [0.3, 0.4) is 0 Å². The molecule has 0 aliphatic heterocycles. The molecular weight excluding hydrogens is 116 g/mol. The number of allylic oxidation sites excluding steroid dienone is 1. The van der Waals surface area contributed by atoms with E-state index in [1.54, 1.807) is 13.8 Å². The zero-order valence-electron chi connectivity index (χ0n) is 5.43. The third-order valence-electron chi connectivity index (χ3n) is 0.662. The summed E-state index contributed by atoms with van der Waals surface area (Å²) in [5.74, 6) is 4.25. The van der Waals surface area contributed by atoms with Crippen LogP contribution in [-0.2, 0) is 4.79 Å². The van der Waals surface area contributed by atoms with E-state index in [1.165, 1.54) is 0 Å². The van der Waals surface area contributed by atoms with E-state index in [4.69, 9.17) is 5.11 Å². The lowest BCUT2D eigenvalue weighted by Gasteiger charge is -1.80. The lowest BCUT2D eigenvalue weighted by molar-refractivity contribution is -0.131. The standard InChI is InChI=1S/C7H8O2/c1-3-4-6(2)5-7(8)9/h5H,1-2H3,(H,8,9)/b6-5+. The van der Waals surface area contributed by atoms with Crippen LogP contribution < -0.4 is 0 Å². The molecule has 0 fully saturated rings. The summed E-state index contributed by atoms with van der Waals surface area (Å²) in [4.78, 5) is 9.94. The first-order valence-electron chi connectivity index (χ1n) is 2.51. The van der Waals surface area contributed by atoms with Crippen molar-refractivity contribution in [2.45, 2.75) is 13.8 Å². The molecule has 0 aromatic carbocycles. The number of hydrogen-bond donors (Lipinski definition) is 1. The lowest BCUT2D eigenvalue weighted by atomic mass is 10.3. The van der Waals surface area contributed by atoms with Gasteiger partial charge in [-0.3, -0.25) is 0 Å². The van der Waals surface area contributed by atoms with Gasteiger partial charge in [-0.2, -0.15) is 0 Å². The highest BCUT2D eigenvalue weighted by Gasteiger charge is 1.87. The van der Waals surface area contributed by atoms with Crippen LogP contribution >= 0.6 is 0 Å². The molecule has 0 bridgehead atoms. The van der Waals surface area contributed by atoms with Crippen LogP contribution in [-0.4, -0.2) is 11.1 Å². The number of aliphatic carboxylic acids is 1. The van der Waals surface area contributed by atoms with Crippen molar-refractivity contribution in [1.82, 2.24) is 0 Å². The Morgan fingerprint density at radius 1 is 1.67 bits per heavy atom. The SMILES string of the molecule is CC#C/C(C)=C/C(=O)O. The fourth-order valence-electron chi connectivity index (χ4n) is 0.418. The van der Waals surface area contributed by atoms with E-state index in [0.29, 0.717) is 5.57 Å². The maximum atomic E-state index is 9.94. The van der Waals surface area contributed by atoms with Gasteiger partial charge in [-0.25, -0.2) is 4.79 Å². The first-order valence-corrected chi connectivity index (χ1v) is 2.51. The second-order valence-corrected chi connectivity index (χ2v) is 1.54. The van der Waals surface area contributed by atoms with Crippen LogP contribution in [0.25, 0.3) is 0 Å². The summed E-state index contributed by atoms with van der Waals surface area (Å²) in [6, 6.07) is 0. The van der Waals surface area contributed by atoms with Crippen molar-refractivity contribution in [3.63, 3.8) is 0 Å². The lowest BCUT2D eigenvalue weighted by Crippen LogP contribution is -1.87. The molecular formula is C7H8O2. The largest absolute Gasteiger partial charge is 0.478 e. The summed E-state index contributed by atoms with van der Waals surface area (Å²) >= 11 is 0. The maximum Gasteiger partial charge on any atom is 0.329 e. The average Bonchev–Trinajstić information content (AvgIpc) is 1.63. The number of carboxylic acid groups (broad SMARTS) is 1. The molecule has 2 nitrogen and oxygen atoms in total. The zero-order valence-corrected chi connectivity index (χ0v) is 5.43. The van der Waals surface area contributed by atoms with Gasteiger partial charge in [0.05, 0.1) is 0 Å². The van der Waals surface area contributed by atoms with Gasteiger partial charge in [0.25, 0.3) is 0 Å². The molecule has 0 aromatic heterocycles. The second-order valence-electron chi connectivity index (χ2n) is 1.54. The van der Waals surface area contributed by atoms with E-state index in [2.05, 4.69) is 11.8 Å². The summed E-state index contributed by atoms with van der Waals surface area (Å²) in [6.07, 6.45) is 1.08. The van der Waals surface area contributed by atoms with E-state index in [-0.39, 0.29) is 0 Å². The van der Waals surface area contributed by atoms with Gasteiger partial charge >= 0.3 is 5.97 Å². The van der Waals surface area contributed by atoms with E-state index >= 15 is 0 Å². The Balaban J connectivity index is 4.11. The third kappa shape index (κ3) is 4.63. The van der Waals surface area contributed by atoms with Crippen molar-refractivity contribution in [3.8, 4) is 11.8 Å². The van der Waals surface area contributed by atoms with E-state index in [1.807, 2.05) is 0 Å². The van der Waals surface area contributed by atoms with Gasteiger partial charge in [0.1, 0.15) is 0 Å². The first-order chi connectivity index (χ1) is 4.16. The highest BCUT2D eigenvalue weighted by atomic mass is 16.4. The van der Waals surface area contributed by atoms with Crippen LogP contribution in [0.5, 0.6) is 0 Å². The number of carboxylic acids is 1. The van der Waals surface area contributed by atoms with Crippen molar-refractivity contribution in [2.24, 2.45) is 0 Å². The van der Waals surface area contributed by atoms with Gasteiger partial charge in [0.15, 0.2) is 0 Å². The molecule has 9 heavy (non-hydrogen) atoms. The minimum absolute atomic E-state index is 0.574. The van der Waals surface area contributed by atoms with Crippen LogP contribution in [0.1, 0.15) is 13.8 Å². The van der Waals surface area contributed by atoms with Gasteiger partial charge in [-0.05, 0) is 13.8 Å². The molecule has 48 valence electrons. The molecule has 0 aromatic rings. The summed E-state index contributed by atoms with van der Waals surface area (Å²) in [5.41, 5.74) is 0.574. The third-order valence-corrected chi connectivity index (χ3v) is 0.662. The minimum atomic E-state index is -0.949. The number of hydrogen-bond acceptors (Lipinski definition) is 1. The highest BCUT2D eigenvalue weighted by Crippen LogP contribution is 1.86. The molecule has 1 N–H and O–H groups in total. The van der Waals surface area contributed by atoms with Gasteiger partial charge in [-0.1, -0.05) is 5.92 Å². The molecule has 0 heterocycles. The van der Waals surface area contributed by atoms with E-state index in [0.717, 1.165) is 6.08 Å². The van der Waals surface area contributed by atoms with Gasteiger partial charge in [0.2, 0.25) is 0 Å². The molecule has 0 amide bonds. The topological polar surface area (TPSA) is 37.3 Å². The Kier molecular flexibility index (Phi) is 3.22. The summed E-state index contributed by atoms with van der Waals surface area (Å²) in [6.45, 7) is 3.32. The Hall–Kier alpha value is -1.23. The molecule has 0 unspecified atom stereocenters. The predicted octanol–water partition coefficient (Wildman–Crippen LogP) is 1.04. The van der Waals surface area contributed by atoms with Gasteiger partial charge in [0, 0.05) is 11.6 Å². The van der Waals surface area contributed by atoms with Crippen molar-refractivity contribution in [1.29, 1.82) is 0 Å². The van der Waals surface area contributed by atoms with Crippen LogP contribution in [0.15, 0.2) is 11.6 Å². The van der Waals surface area contributed by atoms with Crippen molar-refractivity contribution < 1.29 is 9.90 Å². The molecule has 0 saturated heterocycles. The monoisotopic (exact) mass is 124 g/mol. The Morgan fingerprint density at radius 3 is 2.56 bits per heavy atom. The molecule has 0 rings (SSSR count). The fraction of sp³-hybridized carbons (Fsp3) is 0.286. The molecule has 0 aliphatic rings. The number of rotatable bonds is 1. The van der Waals surface area contributed by atoms with Crippen molar-refractivity contribution >= 4 is 5.97 Å². The Bertz CT molecular complexity index is 191. The summed E-state index contributed by atoms with van der Waals surface area (Å²) in [5, 5.41) is 8.17. The molecule has 0 saturated carbocycles. The van der Waals surface area contributed by atoms with Crippen molar-refractivity contribution in [2.75, 3.05) is 0 Å². The second kappa shape index (κ2) is 3.73. The van der Waals surface area contributed by atoms with Gasteiger partial charge < -0.3 is 5.11 Å². The van der Waals surface area contributed by atoms with Crippen LogP contribution in [0.2, 0.25) is 0 Å². The maximum absolute atomic E-state index is 9.94. The molecule has 2 heteroatoms. The van der Waals surface area contributed by atoms with Crippen molar-refractivity contribution in [3.05, 3.63) is 11.6 Å². The number of carbonyl (C=O) groups is 1. The summed E-state index contributed by atoms with van der Waals surface area (Å²) < 4.78 is 0. The highest BCUT2D eigenvalue weighted by molar-refractivity contribution is 5.81. The predicted molar refractivity (Wildman–Crippen MR) is 34.8 cm³/mol. The zero-order chi connectivity index (χ0) is 7.28. The Labute approximate surface area is 54.2 Å². The van der Waals surface area contributed by atoms with Gasteiger partial charge in [-0.15, -0.1) is 5.92 Å². The molecule has 0 spiro atoms. The molecule has 0 atom stereocenters. The first kappa shape index (κ1) is 7.77. The fourth-order valence-corrected chi connectivity index (χ4v) is 0.418. The molecule has 0 radical (unpaired) electrons. The Morgan fingerprint density at radius 2 is 2.22 bits per heavy atom. The van der Waals surface area contributed by atoms with Crippen LogP contribution in [0, 0.1) is 11.8 Å². The normalized spacial score (nSPS) is 9.78. The molecule has 0 aliphatic carbocycles. The van der Waals surface area contributed by atoms with E-state index in [9.17, 15) is 4.79 Å². The quantitative estimate of drug-likeness (QED) is 0.419. The van der Waals surface area contributed by atoms with Crippen LogP contribution in [0.4, 0.5) is 0 Å². The van der Waals surface area contributed by atoms with E-state index < -0.39 is 5.97 Å². The average molecular weight is 124 g/mol. The summed E-state index contributed by atoms with van der Waals surface area (Å²) in [7, 11) is 0. The minimum Gasteiger partial charge on any atom is -0.478 e.